The third kappa shape index (κ3) is 2.98. The summed E-state index contributed by atoms with van der Waals surface area (Å²) in [5.74, 6) is 0.584. The van der Waals surface area contributed by atoms with Crippen LogP contribution in [0.4, 0.5) is 0 Å². The van der Waals surface area contributed by atoms with Crippen molar-refractivity contribution in [2.75, 3.05) is 0 Å². The van der Waals surface area contributed by atoms with Crippen LogP contribution in [0.1, 0.15) is 25.6 Å². The molecule has 0 radical (unpaired) electrons. The molecule has 0 aliphatic carbocycles. The fourth-order valence-corrected chi connectivity index (χ4v) is 1.98. The maximum absolute atomic E-state index is 6.03. The van der Waals surface area contributed by atoms with Crippen LogP contribution in [0.2, 0.25) is 10.0 Å². The first kappa shape index (κ1) is 13.2. The van der Waals surface area contributed by atoms with Crippen LogP contribution in [-0.4, -0.2) is 9.55 Å². The summed E-state index contributed by atoms with van der Waals surface area (Å²) < 4.78 is 7.73. The van der Waals surface area contributed by atoms with Crippen LogP contribution < -0.4 is 4.74 Å². The summed E-state index contributed by atoms with van der Waals surface area (Å²) in [7, 11) is 0. The summed E-state index contributed by atoms with van der Waals surface area (Å²) >= 11 is 11.9. The van der Waals surface area contributed by atoms with E-state index in [0.717, 1.165) is 5.69 Å². The van der Waals surface area contributed by atoms with E-state index in [0.29, 0.717) is 28.4 Å². The summed E-state index contributed by atoms with van der Waals surface area (Å²) in [6.45, 7) is 4.60. The quantitative estimate of drug-likeness (QED) is 0.835. The van der Waals surface area contributed by atoms with Crippen LogP contribution in [0.25, 0.3) is 0 Å². The highest BCUT2D eigenvalue weighted by Crippen LogP contribution is 2.28. The van der Waals surface area contributed by atoms with Gasteiger partial charge in [0.1, 0.15) is 12.4 Å². The van der Waals surface area contributed by atoms with E-state index in [4.69, 9.17) is 27.9 Å². The van der Waals surface area contributed by atoms with Crippen molar-refractivity contribution in [2.45, 2.75) is 26.5 Å². The highest BCUT2D eigenvalue weighted by atomic mass is 35.5. The van der Waals surface area contributed by atoms with Gasteiger partial charge in [-0.3, -0.25) is 0 Å². The van der Waals surface area contributed by atoms with Gasteiger partial charge in [0.15, 0.2) is 0 Å². The average Bonchev–Trinajstić information content (AvgIpc) is 2.79. The Balaban J connectivity index is 2.11. The zero-order valence-corrected chi connectivity index (χ0v) is 11.7. The molecule has 0 aliphatic rings. The smallest absolute Gasteiger partial charge is 0.139 e. The van der Waals surface area contributed by atoms with Crippen molar-refractivity contribution in [3.63, 3.8) is 0 Å². The van der Waals surface area contributed by atoms with Crippen molar-refractivity contribution in [3.05, 3.63) is 46.5 Å². The van der Waals surface area contributed by atoms with Gasteiger partial charge in [-0.1, -0.05) is 23.2 Å². The molecule has 1 aromatic heterocycles. The van der Waals surface area contributed by atoms with Crippen molar-refractivity contribution in [3.8, 4) is 5.75 Å². The second-order valence-corrected chi connectivity index (χ2v) is 5.09. The Morgan fingerprint density at radius 1 is 1.33 bits per heavy atom. The van der Waals surface area contributed by atoms with Crippen LogP contribution >= 0.6 is 23.2 Å². The van der Waals surface area contributed by atoms with E-state index >= 15 is 0 Å². The van der Waals surface area contributed by atoms with Gasteiger partial charge < -0.3 is 9.30 Å². The maximum Gasteiger partial charge on any atom is 0.139 e. The zero-order valence-electron chi connectivity index (χ0n) is 10.2. The Morgan fingerprint density at radius 2 is 2.11 bits per heavy atom. The fourth-order valence-electron chi connectivity index (χ4n) is 1.65. The average molecular weight is 285 g/mol. The number of ether oxygens (including phenoxy) is 1. The van der Waals surface area contributed by atoms with Crippen LogP contribution in [-0.2, 0) is 6.61 Å². The first-order chi connectivity index (χ1) is 8.58. The molecular formula is C13H14Cl2N2O. The third-order valence-electron chi connectivity index (χ3n) is 2.57. The lowest BCUT2D eigenvalue weighted by molar-refractivity contribution is 0.292. The summed E-state index contributed by atoms with van der Waals surface area (Å²) in [5.41, 5.74) is 1.00. The molecule has 5 heteroatoms. The number of aromatic nitrogens is 2. The predicted octanol–water partition coefficient (Wildman–Crippen LogP) is 4.35. The van der Waals surface area contributed by atoms with Gasteiger partial charge in [-0.25, -0.2) is 4.98 Å². The molecule has 2 aromatic rings. The molecule has 0 bridgehead atoms. The monoisotopic (exact) mass is 284 g/mol. The zero-order chi connectivity index (χ0) is 13.1. The first-order valence-electron chi connectivity index (χ1n) is 5.66. The molecule has 18 heavy (non-hydrogen) atoms. The number of halogens is 2. The van der Waals surface area contributed by atoms with Crippen molar-refractivity contribution in [1.82, 2.24) is 9.55 Å². The van der Waals surface area contributed by atoms with Crippen LogP contribution in [0, 0.1) is 0 Å². The largest absolute Gasteiger partial charge is 0.486 e. The second-order valence-electron chi connectivity index (χ2n) is 4.25. The summed E-state index contributed by atoms with van der Waals surface area (Å²) in [5, 5.41) is 1.15. The molecule has 96 valence electrons. The number of benzene rings is 1. The van der Waals surface area contributed by atoms with Gasteiger partial charge in [-0.05, 0) is 26.0 Å². The van der Waals surface area contributed by atoms with Crippen LogP contribution in [0.3, 0.4) is 0 Å². The molecular weight excluding hydrogens is 271 g/mol. The predicted molar refractivity (Wildman–Crippen MR) is 73.4 cm³/mol. The van der Waals surface area contributed by atoms with E-state index in [1.54, 1.807) is 30.7 Å². The maximum atomic E-state index is 6.03. The minimum Gasteiger partial charge on any atom is -0.486 e. The molecule has 0 spiro atoms. The molecule has 2 rings (SSSR count). The van der Waals surface area contributed by atoms with E-state index in [1.165, 1.54) is 0 Å². The van der Waals surface area contributed by atoms with Gasteiger partial charge in [0, 0.05) is 17.1 Å². The highest BCUT2D eigenvalue weighted by molar-refractivity contribution is 6.34. The molecule has 0 N–H and O–H groups in total. The Kier molecular flexibility index (Phi) is 4.15. The summed E-state index contributed by atoms with van der Waals surface area (Å²) in [4.78, 5) is 4.12. The minimum atomic E-state index is 0.348. The number of hydrogen-bond acceptors (Lipinski definition) is 2. The fraction of sp³-hybridized carbons (Fsp3) is 0.308. The second kappa shape index (κ2) is 5.63. The van der Waals surface area contributed by atoms with E-state index < -0.39 is 0 Å². The van der Waals surface area contributed by atoms with E-state index in [1.807, 2.05) is 0 Å². The third-order valence-corrected chi connectivity index (χ3v) is 3.12. The van der Waals surface area contributed by atoms with Gasteiger partial charge >= 0.3 is 0 Å². The molecule has 3 nitrogen and oxygen atoms in total. The molecule has 1 heterocycles. The van der Waals surface area contributed by atoms with Crippen molar-refractivity contribution in [2.24, 2.45) is 0 Å². The van der Waals surface area contributed by atoms with Gasteiger partial charge in [0.2, 0.25) is 0 Å². The molecule has 1 aromatic carbocycles. The van der Waals surface area contributed by atoms with Crippen molar-refractivity contribution < 1.29 is 4.74 Å². The topological polar surface area (TPSA) is 27.1 Å². The number of hydrogen-bond donors (Lipinski definition) is 0. The van der Waals surface area contributed by atoms with E-state index in [9.17, 15) is 0 Å². The number of rotatable bonds is 4. The lowest BCUT2D eigenvalue weighted by Crippen LogP contribution is -2.07. The van der Waals surface area contributed by atoms with Gasteiger partial charge in [0.25, 0.3) is 0 Å². The van der Waals surface area contributed by atoms with Crippen molar-refractivity contribution >= 4 is 23.2 Å². The van der Waals surface area contributed by atoms with Gasteiger partial charge in [0.05, 0.1) is 23.2 Å². The van der Waals surface area contributed by atoms with Crippen LogP contribution in [0.5, 0.6) is 5.75 Å². The van der Waals surface area contributed by atoms with Gasteiger partial charge in [-0.2, -0.15) is 0 Å². The van der Waals surface area contributed by atoms with Gasteiger partial charge in [-0.15, -0.1) is 0 Å². The normalized spacial score (nSPS) is 10.9. The Bertz CT molecular complexity index is 538. The molecule has 0 saturated heterocycles. The van der Waals surface area contributed by atoms with E-state index in [-0.39, 0.29) is 0 Å². The Morgan fingerprint density at radius 3 is 2.83 bits per heavy atom. The molecule has 0 unspecified atom stereocenters. The molecule has 0 amide bonds. The number of nitrogens with zero attached hydrogens (tertiary/aromatic N) is 2. The Hall–Kier alpha value is -1.19. The van der Waals surface area contributed by atoms with Crippen molar-refractivity contribution in [1.29, 1.82) is 0 Å². The molecule has 0 saturated carbocycles. The van der Waals surface area contributed by atoms with Crippen LogP contribution in [0.15, 0.2) is 30.7 Å². The lowest BCUT2D eigenvalue weighted by atomic mass is 10.3. The Labute approximate surface area is 116 Å². The molecule has 0 fully saturated rings. The summed E-state index contributed by atoms with van der Waals surface area (Å²) in [6, 6.07) is 5.51. The van der Waals surface area contributed by atoms with E-state index in [2.05, 4.69) is 23.4 Å². The minimum absolute atomic E-state index is 0.348. The molecule has 0 atom stereocenters. The first-order valence-corrected chi connectivity index (χ1v) is 6.42. The summed E-state index contributed by atoms with van der Waals surface area (Å²) in [6.07, 6.45) is 3.58. The number of imidazole rings is 1. The SMILES string of the molecule is CC(C)n1cncc1COc1cc(Cl)ccc1Cl. The lowest BCUT2D eigenvalue weighted by Gasteiger charge is -2.13. The standard InChI is InChI=1S/C13H14Cl2N2O/c1-9(2)17-8-16-6-11(17)7-18-13-5-10(14)3-4-12(13)15/h3-6,8-9H,7H2,1-2H3. The molecule has 0 aliphatic heterocycles. The highest BCUT2D eigenvalue weighted by Gasteiger charge is 2.08.